The first-order valence-corrected chi connectivity index (χ1v) is 6.56. The van der Waals surface area contributed by atoms with Crippen LogP contribution in [0.2, 0.25) is 0 Å². The predicted octanol–water partition coefficient (Wildman–Crippen LogP) is 2.57. The van der Waals surface area contributed by atoms with E-state index in [4.69, 9.17) is 10.2 Å². The summed E-state index contributed by atoms with van der Waals surface area (Å²) >= 11 is 3.48. The Labute approximate surface area is 116 Å². The first kappa shape index (κ1) is 12.3. The highest BCUT2D eigenvalue weighted by molar-refractivity contribution is 9.10. The van der Waals surface area contributed by atoms with E-state index in [1.165, 1.54) is 0 Å². The molecule has 98 valence electrons. The van der Waals surface area contributed by atoms with E-state index in [9.17, 15) is 4.79 Å². The van der Waals surface area contributed by atoms with E-state index in [-0.39, 0.29) is 11.7 Å². The van der Waals surface area contributed by atoms with Crippen LogP contribution in [0.25, 0.3) is 11.0 Å². The zero-order valence-corrected chi connectivity index (χ0v) is 11.7. The van der Waals surface area contributed by atoms with Crippen LogP contribution in [0.3, 0.4) is 0 Å². The maximum absolute atomic E-state index is 11.3. The van der Waals surface area contributed by atoms with Crippen LogP contribution in [0.15, 0.2) is 38.1 Å². The second-order valence-corrected chi connectivity index (χ2v) is 5.32. The Hall–Kier alpha value is -1.79. The van der Waals surface area contributed by atoms with Gasteiger partial charge >= 0.3 is 5.69 Å². The van der Waals surface area contributed by atoms with Crippen molar-refractivity contribution in [2.75, 3.05) is 0 Å². The van der Waals surface area contributed by atoms with Gasteiger partial charge in [-0.25, -0.2) is 4.79 Å². The van der Waals surface area contributed by atoms with E-state index in [1.807, 2.05) is 25.1 Å². The van der Waals surface area contributed by atoms with Gasteiger partial charge in [0, 0.05) is 10.0 Å². The SMILES string of the molecule is Cc1cc(C(N)c2cc3[nH]c(=O)[nH]c3cc2Br)co1. The fourth-order valence-corrected chi connectivity index (χ4v) is 2.71. The minimum atomic E-state index is -0.311. The number of benzene rings is 1. The van der Waals surface area contributed by atoms with E-state index < -0.39 is 0 Å². The zero-order valence-electron chi connectivity index (χ0n) is 10.2. The smallest absolute Gasteiger partial charge is 0.323 e. The normalized spacial score (nSPS) is 13.0. The minimum Gasteiger partial charge on any atom is -0.469 e. The van der Waals surface area contributed by atoms with Crippen molar-refractivity contribution in [1.82, 2.24) is 9.97 Å². The number of nitrogens with two attached hydrogens (primary N) is 1. The quantitative estimate of drug-likeness (QED) is 0.677. The molecule has 0 fully saturated rings. The molecule has 0 aliphatic rings. The fraction of sp³-hybridized carbons (Fsp3) is 0.154. The summed E-state index contributed by atoms with van der Waals surface area (Å²) in [7, 11) is 0. The summed E-state index contributed by atoms with van der Waals surface area (Å²) in [6.07, 6.45) is 1.65. The number of furan rings is 1. The van der Waals surface area contributed by atoms with E-state index in [0.29, 0.717) is 0 Å². The van der Waals surface area contributed by atoms with Crippen LogP contribution in [0, 0.1) is 6.92 Å². The number of fused-ring (bicyclic) bond motifs is 1. The average molecular weight is 322 g/mol. The maximum Gasteiger partial charge on any atom is 0.323 e. The lowest BCUT2D eigenvalue weighted by molar-refractivity contribution is 0.530. The van der Waals surface area contributed by atoms with Crippen molar-refractivity contribution in [2.45, 2.75) is 13.0 Å². The third-order valence-electron chi connectivity index (χ3n) is 3.08. The topological polar surface area (TPSA) is 87.8 Å². The number of aromatic amines is 2. The molecule has 3 rings (SSSR count). The molecule has 19 heavy (non-hydrogen) atoms. The minimum absolute atomic E-state index is 0.230. The number of nitrogens with one attached hydrogen (secondary N) is 2. The van der Waals surface area contributed by atoms with Crippen molar-refractivity contribution < 1.29 is 4.42 Å². The Morgan fingerprint density at radius 2 is 1.95 bits per heavy atom. The number of hydrogen-bond acceptors (Lipinski definition) is 3. The molecular formula is C13H12BrN3O2. The summed E-state index contributed by atoms with van der Waals surface area (Å²) in [5.41, 5.74) is 9.28. The molecule has 5 nitrogen and oxygen atoms in total. The van der Waals surface area contributed by atoms with Crippen LogP contribution >= 0.6 is 15.9 Å². The molecule has 1 aromatic carbocycles. The van der Waals surface area contributed by atoms with Gasteiger partial charge in [0.05, 0.1) is 23.3 Å². The number of aromatic nitrogens is 2. The van der Waals surface area contributed by atoms with Crippen molar-refractivity contribution in [3.63, 3.8) is 0 Å². The highest BCUT2D eigenvalue weighted by Gasteiger charge is 2.16. The Kier molecular flexibility index (Phi) is 2.83. The highest BCUT2D eigenvalue weighted by atomic mass is 79.9. The van der Waals surface area contributed by atoms with Crippen LogP contribution in [-0.4, -0.2) is 9.97 Å². The number of halogens is 1. The van der Waals surface area contributed by atoms with Crippen molar-refractivity contribution in [1.29, 1.82) is 0 Å². The molecule has 1 atom stereocenters. The average Bonchev–Trinajstić information content (AvgIpc) is 2.92. The van der Waals surface area contributed by atoms with E-state index in [1.54, 1.807) is 6.26 Å². The summed E-state index contributed by atoms with van der Waals surface area (Å²) in [5.74, 6) is 0.817. The largest absolute Gasteiger partial charge is 0.469 e. The first-order valence-electron chi connectivity index (χ1n) is 5.76. The molecule has 0 bridgehead atoms. The van der Waals surface area contributed by atoms with Crippen molar-refractivity contribution in [2.24, 2.45) is 5.73 Å². The van der Waals surface area contributed by atoms with Crippen molar-refractivity contribution >= 4 is 27.0 Å². The molecule has 0 radical (unpaired) electrons. The second kappa shape index (κ2) is 4.40. The van der Waals surface area contributed by atoms with Gasteiger partial charge in [-0.1, -0.05) is 15.9 Å². The number of rotatable bonds is 2. The van der Waals surface area contributed by atoms with Gasteiger partial charge < -0.3 is 20.1 Å². The molecule has 0 aliphatic carbocycles. The molecule has 3 aromatic rings. The maximum atomic E-state index is 11.3. The van der Waals surface area contributed by atoms with Gasteiger partial charge in [-0.05, 0) is 30.7 Å². The third kappa shape index (κ3) is 2.13. The molecule has 6 heteroatoms. The fourth-order valence-electron chi connectivity index (χ4n) is 2.12. The molecule has 0 saturated carbocycles. The predicted molar refractivity (Wildman–Crippen MR) is 76.1 cm³/mol. The molecule has 0 saturated heterocycles. The summed E-state index contributed by atoms with van der Waals surface area (Å²) in [4.78, 5) is 16.7. The van der Waals surface area contributed by atoms with Gasteiger partial charge in [-0.15, -0.1) is 0 Å². The Morgan fingerprint density at radius 3 is 2.58 bits per heavy atom. The van der Waals surface area contributed by atoms with E-state index in [0.717, 1.165) is 32.4 Å². The third-order valence-corrected chi connectivity index (χ3v) is 3.77. The van der Waals surface area contributed by atoms with Gasteiger partial charge in [0.15, 0.2) is 0 Å². The van der Waals surface area contributed by atoms with Gasteiger partial charge in [0.1, 0.15) is 5.76 Å². The molecular weight excluding hydrogens is 310 g/mol. The zero-order chi connectivity index (χ0) is 13.6. The second-order valence-electron chi connectivity index (χ2n) is 4.47. The number of H-pyrrole nitrogens is 2. The lowest BCUT2D eigenvalue weighted by Gasteiger charge is -2.12. The standard InChI is InChI=1S/C13H12BrN3O2/c1-6-2-7(5-19-6)12(15)8-3-10-11(4-9(8)14)17-13(18)16-10/h2-5,12H,15H2,1H3,(H2,16,17,18). The summed E-state index contributed by atoms with van der Waals surface area (Å²) in [6.45, 7) is 1.87. The molecule has 0 amide bonds. The summed E-state index contributed by atoms with van der Waals surface area (Å²) in [5, 5.41) is 0. The Balaban J connectivity index is 2.13. The number of imidazole rings is 1. The molecule has 2 heterocycles. The van der Waals surface area contributed by atoms with Crippen LogP contribution < -0.4 is 11.4 Å². The van der Waals surface area contributed by atoms with Gasteiger partial charge in [-0.3, -0.25) is 0 Å². The Morgan fingerprint density at radius 1 is 1.26 bits per heavy atom. The van der Waals surface area contributed by atoms with E-state index >= 15 is 0 Å². The van der Waals surface area contributed by atoms with Crippen LogP contribution in [0.1, 0.15) is 22.9 Å². The van der Waals surface area contributed by atoms with Crippen molar-refractivity contribution in [3.8, 4) is 0 Å². The van der Waals surface area contributed by atoms with Gasteiger partial charge in [0.2, 0.25) is 0 Å². The first-order chi connectivity index (χ1) is 9.04. The molecule has 4 N–H and O–H groups in total. The number of hydrogen-bond donors (Lipinski definition) is 3. The molecule has 0 aliphatic heterocycles. The Bertz CT molecular complexity index is 800. The van der Waals surface area contributed by atoms with Crippen LogP contribution in [-0.2, 0) is 0 Å². The molecule has 0 spiro atoms. The lowest BCUT2D eigenvalue weighted by atomic mass is 10.0. The highest BCUT2D eigenvalue weighted by Crippen LogP contribution is 2.30. The monoisotopic (exact) mass is 321 g/mol. The van der Waals surface area contributed by atoms with E-state index in [2.05, 4.69) is 25.9 Å². The number of aryl methyl sites for hydroxylation is 1. The van der Waals surface area contributed by atoms with Crippen LogP contribution in [0.5, 0.6) is 0 Å². The van der Waals surface area contributed by atoms with Gasteiger partial charge in [0.25, 0.3) is 0 Å². The molecule has 1 unspecified atom stereocenters. The summed E-state index contributed by atoms with van der Waals surface area (Å²) in [6, 6.07) is 5.30. The van der Waals surface area contributed by atoms with Gasteiger partial charge in [-0.2, -0.15) is 0 Å². The lowest BCUT2D eigenvalue weighted by Crippen LogP contribution is -2.11. The summed E-state index contributed by atoms with van der Waals surface area (Å²) < 4.78 is 6.13. The van der Waals surface area contributed by atoms with Crippen LogP contribution in [0.4, 0.5) is 0 Å². The molecule has 2 aromatic heterocycles. The van der Waals surface area contributed by atoms with Crippen molar-refractivity contribution in [3.05, 3.63) is 56.3 Å².